The molecule has 0 bridgehead atoms. The molecular weight excluding hydrogens is 300 g/mol. The van der Waals surface area contributed by atoms with Crippen molar-refractivity contribution < 1.29 is 4.74 Å². The van der Waals surface area contributed by atoms with Crippen LogP contribution >= 0.6 is 11.6 Å². The van der Waals surface area contributed by atoms with E-state index in [1.807, 2.05) is 30.3 Å². The minimum atomic E-state index is 0.296. The van der Waals surface area contributed by atoms with Gasteiger partial charge in [-0.3, -0.25) is 0 Å². The van der Waals surface area contributed by atoms with Gasteiger partial charge in [0.1, 0.15) is 5.82 Å². The molecule has 3 rings (SSSR count). The minimum absolute atomic E-state index is 0.296. The van der Waals surface area contributed by atoms with E-state index in [9.17, 15) is 0 Å². The van der Waals surface area contributed by atoms with Crippen LogP contribution in [0.1, 0.15) is 23.6 Å². The molecule has 6 heteroatoms. The summed E-state index contributed by atoms with van der Waals surface area (Å²) in [5.74, 6) is 1.36. The number of hydrogen-bond acceptors (Lipinski definition) is 5. The van der Waals surface area contributed by atoms with Gasteiger partial charge in [-0.2, -0.15) is 4.98 Å². The first-order chi connectivity index (χ1) is 10.7. The number of ether oxygens (including phenoxy) is 1. The Hall–Kier alpha value is -1.85. The molecule has 1 saturated heterocycles. The molecule has 1 aliphatic rings. The monoisotopic (exact) mass is 318 g/mol. The maximum Gasteiger partial charge on any atom is 0.222 e. The van der Waals surface area contributed by atoms with E-state index in [0.717, 1.165) is 48.1 Å². The molecule has 1 atom stereocenters. The van der Waals surface area contributed by atoms with Crippen molar-refractivity contribution in [2.24, 2.45) is 0 Å². The number of hydrogen-bond donors (Lipinski definition) is 2. The van der Waals surface area contributed by atoms with Crippen molar-refractivity contribution in [3.8, 4) is 0 Å². The molecule has 1 aromatic heterocycles. The van der Waals surface area contributed by atoms with Gasteiger partial charge in [0.2, 0.25) is 5.95 Å². The molecule has 0 saturated carbocycles. The lowest BCUT2D eigenvalue weighted by molar-refractivity contribution is 0.193. The lowest BCUT2D eigenvalue weighted by Gasteiger charge is -2.11. The Kier molecular flexibility index (Phi) is 4.75. The molecule has 0 spiro atoms. The average Bonchev–Trinajstić information content (AvgIpc) is 3.03. The molecule has 0 aliphatic carbocycles. The fourth-order valence-corrected chi connectivity index (χ4v) is 2.81. The van der Waals surface area contributed by atoms with Crippen LogP contribution in [0, 0.1) is 0 Å². The van der Waals surface area contributed by atoms with Crippen molar-refractivity contribution >= 4 is 23.4 Å². The Morgan fingerprint density at radius 3 is 2.95 bits per heavy atom. The molecule has 1 aromatic carbocycles. The van der Waals surface area contributed by atoms with Crippen LogP contribution in [0.25, 0.3) is 0 Å². The summed E-state index contributed by atoms with van der Waals surface area (Å²) in [5, 5.41) is 4.08. The van der Waals surface area contributed by atoms with Crippen LogP contribution in [-0.4, -0.2) is 29.7 Å². The standard InChI is InChI=1S/C16H19ClN4O/c17-13-4-2-1-3-11(13)5-7-19-15-9-14(20-16(18)21-15)12-6-8-22-10-12/h1-4,9,12H,5-8,10H2,(H3,18,19,20,21)/t12-/m0/s1. The van der Waals surface area contributed by atoms with Crippen LogP contribution in [-0.2, 0) is 11.2 Å². The fraction of sp³-hybridized carbons (Fsp3) is 0.375. The van der Waals surface area contributed by atoms with Gasteiger partial charge in [-0.05, 0) is 24.5 Å². The molecule has 1 fully saturated rings. The number of benzene rings is 1. The van der Waals surface area contributed by atoms with Crippen LogP contribution in [0.2, 0.25) is 5.02 Å². The maximum absolute atomic E-state index is 6.16. The topological polar surface area (TPSA) is 73.1 Å². The lowest BCUT2D eigenvalue weighted by Crippen LogP contribution is -2.11. The zero-order valence-corrected chi connectivity index (χ0v) is 13.0. The number of nitrogens with two attached hydrogens (primary N) is 1. The lowest BCUT2D eigenvalue weighted by atomic mass is 10.0. The Morgan fingerprint density at radius 1 is 1.32 bits per heavy atom. The van der Waals surface area contributed by atoms with Gasteiger partial charge in [0, 0.05) is 30.2 Å². The van der Waals surface area contributed by atoms with E-state index in [-0.39, 0.29) is 0 Å². The second kappa shape index (κ2) is 6.94. The van der Waals surface area contributed by atoms with E-state index in [4.69, 9.17) is 22.1 Å². The number of aromatic nitrogens is 2. The molecule has 2 heterocycles. The summed E-state index contributed by atoms with van der Waals surface area (Å²) in [4.78, 5) is 8.56. The summed E-state index contributed by atoms with van der Waals surface area (Å²) in [7, 11) is 0. The molecule has 1 aliphatic heterocycles. The van der Waals surface area contributed by atoms with E-state index in [1.54, 1.807) is 0 Å². The summed E-state index contributed by atoms with van der Waals surface area (Å²) in [5.41, 5.74) is 7.87. The summed E-state index contributed by atoms with van der Waals surface area (Å²) < 4.78 is 5.41. The Bertz CT molecular complexity index is 644. The molecule has 2 aromatic rings. The van der Waals surface area contributed by atoms with Gasteiger partial charge < -0.3 is 15.8 Å². The van der Waals surface area contributed by atoms with Crippen LogP contribution in [0.15, 0.2) is 30.3 Å². The summed E-state index contributed by atoms with van der Waals surface area (Å²) >= 11 is 6.16. The molecule has 22 heavy (non-hydrogen) atoms. The first kappa shape index (κ1) is 15.1. The molecule has 3 N–H and O–H groups in total. The third-order valence-electron chi connectivity index (χ3n) is 3.77. The predicted octanol–water partition coefficient (Wildman–Crippen LogP) is 2.87. The van der Waals surface area contributed by atoms with Gasteiger partial charge in [0.15, 0.2) is 0 Å². The van der Waals surface area contributed by atoms with Crippen LogP contribution < -0.4 is 11.1 Å². The van der Waals surface area contributed by atoms with Crippen LogP contribution in [0.3, 0.4) is 0 Å². The van der Waals surface area contributed by atoms with Gasteiger partial charge in [0.25, 0.3) is 0 Å². The molecule has 116 valence electrons. The van der Waals surface area contributed by atoms with E-state index < -0.39 is 0 Å². The number of nitrogens with one attached hydrogen (secondary N) is 1. The Morgan fingerprint density at radius 2 is 2.18 bits per heavy atom. The second-order valence-corrected chi connectivity index (χ2v) is 5.77. The summed E-state index contributed by atoms with van der Waals surface area (Å²) in [6.45, 7) is 2.22. The third kappa shape index (κ3) is 3.67. The van der Waals surface area contributed by atoms with Gasteiger partial charge >= 0.3 is 0 Å². The largest absolute Gasteiger partial charge is 0.381 e. The van der Waals surface area contributed by atoms with Gasteiger partial charge in [-0.15, -0.1) is 0 Å². The second-order valence-electron chi connectivity index (χ2n) is 5.36. The molecular formula is C16H19ClN4O. The molecule has 5 nitrogen and oxygen atoms in total. The first-order valence-electron chi connectivity index (χ1n) is 7.42. The highest BCUT2D eigenvalue weighted by atomic mass is 35.5. The van der Waals surface area contributed by atoms with Crippen LogP contribution in [0.4, 0.5) is 11.8 Å². The number of rotatable bonds is 5. The number of halogens is 1. The van der Waals surface area contributed by atoms with Crippen molar-refractivity contribution in [1.29, 1.82) is 0 Å². The normalized spacial score (nSPS) is 17.6. The smallest absolute Gasteiger partial charge is 0.222 e. The van der Waals surface area contributed by atoms with Crippen molar-refractivity contribution in [2.45, 2.75) is 18.8 Å². The summed E-state index contributed by atoms with van der Waals surface area (Å²) in [6.07, 6.45) is 1.81. The first-order valence-corrected chi connectivity index (χ1v) is 7.79. The Labute approximate surface area is 134 Å². The van der Waals surface area contributed by atoms with Gasteiger partial charge in [0.05, 0.1) is 12.3 Å². The van der Waals surface area contributed by atoms with Gasteiger partial charge in [-0.25, -0.2) is 4.98 Å². The highest BCUT2D eigenvalue weighted by Crippen LogP contribution is 2.25. The average molecular weight is 319 g/mol. The van der Waals surface area contributed by atoms with E-state index in [0.29, 0.717) is 18.5 Å². The quantitative estimate of drug-likeness (QED) is 0.887. The zero-order valence-electron chi connectivity index (χ0n) is 12.3. The minimum Gasteiger partial charge on any atom is -0.381 e. The predicted molar refractivity (Wildman–Crippen MR) is 88.3 cm³/mol. The Balaban J connectivity index is 1.63. The molecule has 0 amide bonds. The highest BCUT2D eigenvalue weighted by Gasteiger charge is 2.20. The van der Waals surface area contributed by atoms with E-state index in [1.165, 1.54) is 0 Å². The highest BCUT2D eigenvalue weighted by molar-refractivity contribution is 6.31. The number of anilines is 2. The third-order valence-corrected chi connectivity index (χ3v) is 4.14. The van der Waals surface area contributed by atoms with E-state index in [2.05, 4.69) is 15.3 Å². The molecule has 0 unspecified atom stereocenters. The molecule has 0 radical (unpaired) electrons. The van der Waals surface area contributed by atoms with Crippen molar-refractivity contribution in [3.05, 3.63) is 46.6 Å². The number of nitrogens with zero attached hydrogens (tertiary/aromatic N) is 2. The van der Waals surface area contributed by atoms with Gasteiger partial charge in [-0.1, -0.05) is 29.8 Å². The summed E-state index contributed by atoms with van der Waals surface area (Å²) in [6, 6.07) is 9.81. The number of nitrogen functional groups attached to an aromatic ring is 1. The fourth-order valence-electron chi connectivity index (χ4n) is 2.58. The van der Waals surface area contributed by atoms with Crippen LogP contribution in [0.5, 0.6) is 0 Å². The SMILES string of the molecule is Nc1nc(NCCc2ccccc2Cl)cc([C@H]2CCOC2)n1. The van der Waals surface area contributed by atoms with E-state index >= 15 is 0 Å². The van der Waals surface area contributed by atoms with Crippen molar-refractivity contribution in [3.63, 3.8) is 0 Å². The zero-order chi connectivity index (χ0) is 15.4. The van der Waals surface area contributed by atoms with Crippen molar-refractivity contribution in [1.82, 2.24) is 9.97 Å². The van der Waals surface area contributed by atoms with Crippen molar-refractivity contribution in [2.75, 3.05) is 30.8 Å². The maximum atomic E-state index is 6.16.